The van der Waals surface area contributed by atoms with Crippen LogP contribution in [0.3, 0.4) is 0 Å². The van der Waals surface area contributed by atoms with E-state index in [0.29, 0.717) is 36.0 Å². The Morgan fingerprint density at radius 2 is 2.00 bits per heavy atom. The summed E-state index contributed by atoms with van der Waals surface area (Å²) in [5.74, 6) is 1.61. The molecule has 2 aromatic carbocycles. The molecule has 0 unspecified atom stereocenters. The fourth-order valence-electron chi connectivity index (χ4n) is 4.44. The summed E-state index contributed by atoms with van der Waals surface area (Å²) in [5.41, 5.74) is 2.11. The summed E-state index contributed by atoms with van der Waals surface area (Å²) in [4.78, 5) is 28.5. The van der Waals surface area contributed by atoms with Gasteiger partial charge in [0.05, 0.1) is 18.3 Å². The topological polar surface area (TPSA) is 92.6 Å². The van der Waals surface area contributed by atoms with Crippen LogP contribution in [-0.4, -0.2) is 51.8 Å². The number of urea groups is 1. The fourth-order valence-corrected chi connectivity index (χ4v) is 4.44. The van der Waals surface area contributed by atoms with Crippen LogP contribution in [0, 0.1) is 12.7 Å². The van der Waals surface area contributed by atoms with Crippen molar-refractivity contribution in [2.45, 2.75) is 32.4 Å². The molecule has 9 nitrogen and oxygen atoms in total. The minimum absolute atomic E-state index is 0.00266. The van der Waals surface area contributed by atoms with Crippen molar-refractivity contribution in [2.75, 3.05) is 30.4 Å². The number of likely N-dealkylation sites (N-methyl/N-ethyl adjacent to an activating group) is 1. The third kappa shape index (κ3) is 4.07. The first-order valence-corrected chi connectivity index (χ1v) is 11.2. The first-order valence-electron chi connectivity index (χ1n) is 11.2. The molecule has 3 amide bonds. The van der Waals surface area contributed by atoms with E-state index in [9.17, 15) is 14.0 Å². The summed E-state index contributed by atoms with van der Waals surface area (Å²) >= 11 is 0. The van der Waals surface area contributed by atoms with Crippen LogP contribution < -0.4 is 15.0 Å². The highest BCUT2D eigenvalue weighted by Crippen LogP contribution is 2.35. The molecule has 0 radical (unpaired) electrons. The minimum atomic E-state index is -0.285. The maximum Gasteiger partial charge on any atom is 0.322 e. The van der Waals surface area contributed by atoms with Gasteiger partial charge in [0.15, 0.2) is 12.4 Å². The zero-order valence-electron chi connectivity index (χ0n) is 19.0. The molecule has 1 aromatic heterocycles. The number of ether oxygens (including phenoxy) is 1. The first kappa shape index (κ1) is 21.9. The van der Waals surface area contributed by atoms with E-state index in [0.717, 1.165) is 24.2 Å². The zero-order valence-corrected chi connectivity index (χ0v) is 19.0. The van der Waals surface area contributed by atoms with Crippen molar-refractivity contribution < 1.29 is 18.7 Å². The van der Waals surface area contributed by atoms with Gasteiger partial charge in [0.25, 0.3) is 5.91 Å². The number of nitrogens with one attached hydrogen (secondary N) is 1. The highest BCUT2D eigenvalue weighted by Gasteiger charge is 2.34. The van der Waals surface area contributed by atoms with Gasteiger partial charge in [0.1, 0.15) is 17.4 Å². The van der Waals surface area contributed by atoms with Gasteiger partial charge in [-0.1, -0.05) is 12.1 Å². The lowest BCUT2D eigenvalue weighted by Crippen LogP contribution is -2.36. The number of aryl methyl sites for hydroxylation is 1. The lowest BCUT2D eigenvalue weighted by molar-refractivity contribution is -0.120. The summed E-state index contributed by atoms with van der Waals surface area (Å²) in [5, 5.41) is 11.6. The number of hydrogen-bond donors (Lipinski definition) is 1. The van der Waals surface area contributed by atoms with E-state index in [-0.39, 0.29) is 30.4 Å². The number of fused-ring (bicyclic) bond motifs is 1. The molecule has 0 spiro atoms. The lowest BCUT2D eigenvalue weighted by Gasteiger charge is -2.27. The number of carbonyl (C=O) groups is 2. The molecule has 3 heterocycles. The minimum Gasteiger partial charge on any atom is -0.482 e. The molecule has 1 fully saturated rings. The van der Waals surface area contributed by atoms with Gasteiger partial charge < -0.3 is 24.4 Å². The van der Waals surface area contributed by atoms with Crippen molar-refractivity contribution in [3.05, 3.63) is 65.5 Å². The van der Waals surface area contributed by atoms with Crippen LogP contribution in [-0.2, 0) is 11.3 Å². The highest BCUT2D eigenvalue weighted by molar-refractivity contribution is 5.99. The number of hydrogen-bond acceptors (Lipinski definition) is 5. The van der Waals surface area contributed by atoms with Crippen molar-refractivity contribution in [3.8, 4) is 5.75 Å². The largest absolute Gasteiger partial charge is 0.482 e. The highest BCUT2D eigenvalue weighted by atomic mass is 19.1. The van der Waals surface area contributed by atoms with Crippen LogP contribution in [0.25, 0.3) is 0 Å². The van der Waals surface area contributed by atoms with Crippen LogP contribution in [0.15, 0.2) is 42.5 Å². The van der Waals surface area contributed by atoms with Crippen molar-refractivity contribution >= 4 is 23.3 Å². The fraction of sp³-hybridized carbons (Fsp3) is 0.333. The van der Waals surface area contributed by atoms with Gasteiger partial charge in [-0.3, -0.25) is 4.79 Å². The van der Waals surface area contributed by atoms with E-state index in [2.05, 4.69) is 15.5 Å². The van der Waals surface area contributed by atoms with Gasteiger partial charge in [-0.2, -0.15) is 0 Å². The number of amides is 3. The van der Waals surface area contributed by atoms with Gasteiger partial charge in [-0.15, -0.1) is 10.2 Å². The molecule has 0 saturated carbocycles. The van der Waals surface area contributed by atoms with Crippen molar-refractivity contribution in [1.82, 2.24) is 19.7 Å². The molecule has 1 atom stereocenters. The van der Waals surface area contributed by atoms with Crippen molar-refractivity contribution in [1.29, 1.82) is 0 Å². The molecule has 34 heavy (non-hydrogen) atoms. The summed E-state index contributed by atoms with van der Waals surface area (Å²) in [6.45, 7) is 2.95. The molecule has 10 heteroatoms. The predicted molar refractivity (Wildman–Crippen MR) is 123 cm³/mol. The average Bonchev–Trinajstić information content (AvgIpc) is 3.45. The van der Waals surface area contributed by atoms with Gasteiger partial charge >= 0.3 is 6.03 Å². The smallest absolute Gasteiger partial charge is 0.322 e. The second kappa shape index (κ2) is 8.77. The monoisotopic (exact) mass is 464 g/mol. The Morgan fingerprint density at radius 1 is 1.21 bits per heavy atom. The number of aromatic nitrogens is 3. The number of nitrogens with zero attached hydrogens (tertiary/aromatic N) is 5. The maximum absolute atomic E-state index is 13.3. The average molecular weight is 465 g/mol. The molecule has 3 aromatic rings. The Bertz CT molecular complexity index is 1240. The van der Waals surface area contributed by atoms with Crippen LogP contribution in [0.4, 0.5) is 20.6 Å². The molecule has 1 N–H and O–H groups in total. The Hall–Kier alpha value is -3.95. The number of likely N-dealkylation sites (tertiary alicyclic amines) is 1. The zero-order chi connectivity index (χ0) is 23.8. The third-order valence-electron chi connectivity index (χ3n) is 6.33. The molecule has 0 aliphatic carbocycles. The normalized spacial score (nSPS) is 17.5. The SMILES string of the molecule is Cc1nnc([C@H]2CCCN2C(=O)Nc2ccc3c(c2)N(C)C(=O)CO3)n1Cc1ccc(F)cc1. The van der Waals surface area contributed by atoms with Gasteiger partial charge in [0.2, 0.25) is 0 Å². The van der Waals surface area contributed by atoms with Gasteiger partial charge in [-0.05, 0) is 55.7 Å². The molecule has 5 rings (SSSR count). The molecule has 1 saturated heterocycles. The van der Waals surface area contributed by atoms with E-state index in [1.807, 2.05) is 11.5 Å². The summed E-state index contributed by atoms with van der Waals surface area (Å²) in [7, 11) is 1.68. The maximum atomic E-state index is 13.3. The van der Waals surface area contributed by atoms with E-state index < -0.39 is 0 Å². The Labute approximate surface area is 196 Å². The second-order valence-corrected chi connectivity index (χ2v) is 8.52. The second-order valence-electron chi connectivity index (χ2n) is 8.52. The number of benzene rings is 2. The number of carbonyl (C=O) groups excluding carboxylic acids is 2. The molecule has 2 aliphatic rings. The Kier molecular flexibility index (Phi) is 5.64. The molecule has 176 valence electrons. The van der Waals surface area contributed by atoms with E-state index in [4.69, 9.17) is 4.74 Å². The summed E-state index contributed by atoms with van der Waals surface area (Å²) < 4.78 is 20.7. The van der Waals surface area contributed by atoms with Gasteiger partial charge in [-0.25, -0.2) is 9.18 Å². The third-order valence-corrected chi connectivity index (χ3v) is 6.33. The van der Waals surface area contributed by atoms with Crippen LogP contribution in [0.5, 0.6) is 5.75 Å². The lowest BCUT2D eigenvalue weighted by atomic mass is 10.2. The Balaban J connectivity index is 1.35. The molecule has 2 aliphatic heterocycles. The van der Waals surface area contributed by atoms with Crippen molar-refractivity contribution in [2.24, 2.45) is 0 Å². The van der Waals surface area contributed by atoms with Crippen LogP contribution in [0.1, 0.15) is 36.1 Å². The number of rotatable bonds is 4. The standard InChI is InChI=1S/C24H25FN6O3/c1-15-27-28-23(31(15)13-16-5-7-17(25)8-6-16)19-4-3-11-30(19)24(33)26-18-9-10-21-20(12-18)29(2)22(32)14-34-21/h5-10,12,19H,3-4,11,13-14H2,1-2H3,(H,26,33)/t19-/m1/s1. The summed E-state index contributed by atoms with van der Waals surface area (Å²) in [6, 6.07) is 11.1. The summed E-state index contributed by atoms with van der Waals surface area (Å²) in [6.07, 6.45) is 1.61. The predicted octanol–water partition coefficient (Wildman–Crippen LogP) is 3.50. The van der Waals surface area contributed by atoms with E-state index >= 15 is 0 Å². The molecule has 0 bridgehead atoms. The number of anilines is 2. The molecular weight excluding hydrogens is 439 g/mol. The van der Waals surface area contributed by atoms with Gasteiger partial charge in [0, 0.05) is 19.3 Å². The molecular formula is C24H25FN6O3. The van der Waals surface area contributed by atoms with E-state index in [1.54, 1.807) is 42.3 Å². The Morgan fingerprint density at radius 3 is 2.79 bits per heavy atom. The van der Waals surface area contributed by atoms with Crippen LogP contribution in [0.2, 0.25) is 0 Å². The first-order chi connectivity index (χ1) is 16.4. The number of halogens is 1. The van der Waals surface area contributed by atoms with Crippen LogP contribution >= 0.6 is 0 Å². The quantitative estimate of drug-likeness (QED) is 0.638. The van der Waals surface area contributed by atoms with E-state index in [1.165, 1.54) is 17.0 Å². The van der Waals surface area contributed by atoms with Crippen molar-refractivity contribution in [3.63, 3.8) is 0 Å².